The first-order valence-corrected chi connectivity index (χ1v) is 3.72. The van der Waals surface area contributed by atoms with Crippen molar-refractivity contribution in [2.45, 2.75) is 26.7 Å². The predicted octanol–water partition coefficient (Wildman–Crippen LogP) is 1.23. The first kappa shape index (κ1) is 5.96. The number of hydrogen-bond acceptors (Lipinski definition) is 1. The Kier molecular flexibility index (Phi) is 1.70. The van der Waals surface area contributed by atoms with E-state index in [1.165, 1.54) is 0 Å². The maximum Gasteiger partial charge on any atom is 0.247 e. The standard InChI is InChI=1S/C8H13NO/c1-3-6-5-9-8(10)7(6)4-2/h3-5H2,1-2H3,(H,9,10)/i/hD. The van der Waals surface area contributed by atoms with Crippen LogP contribution in [-0.2, 0) is 4.79 Å². The zero-order chi connectivity index (χ0) is 8.43. The van der Waals surface area contributed by atoms with Crippen molar-refractivity contribution >= 4 is 5.91 Å². The Morgan fingerprint density at radius 1 is 1.60 bits per heavy atom. The number of nitrogens with one attached hydrogen (secondary N) is 1. The van der Waals surface area contributed by atoms with E-state index in [9.17, 15) is 4.79 Å². The molecule has 0 aromatic carbocycles. The lowest BCUT2D eigenvalue weighted by molar-refractivity contribution is -0.116. The molecule has 0 bridgehead atoms. The highest BCUT2D eigenvalue weighted by molar-refractivity contribution is 5.96. The van der Waals surface area contributed by atoms with Gasteiger partial charge in [0, 0.05) is 12.1 Å². The predicted molar refractivity (Wildman–Crippen MR) is 40.6 cm³/mol. The van der Waals surface area contributed by atoms with Crippen molar-refractivity contribution in [1.82, 2.24) is 5.31 Å². The molecule has 10 heavy (non-hydrogen) atoms. The van der Waals surface area contributed by atoms with Gasteiger partial charge < -0.3 is 5.31 Å². The number of carbonyl (C=O) groups excluding carboxylic acids is 1. The molecule has 1 heterocycles. The summed E-state index contributed by atoms with van der Waals surface area (Å²) in [6.45, 7) is 4.50. The minimum absolute atomic E-state index is 0.107. The molecule has 0 fully saturated rings. The maximum absolute atomic E-state index is 11.2. The molecule has 0 atom stereocenters. The van der Waals surface area contributed by atoms with Gasteiger partial charge in [-0.05, 0) is 18.4 Å². The van der Waals surface area contributed by atoms with Gasteiger partial charge in [-0.3, -0.25) is 4.79 Å². The van der Waals surface area contributed by atoms with Crippen LogP contribution in [0.25, 0.3) is 0 Å². The number of rotatable bonds is 2. The summed E-state index contributed by atoms with van der Waals surface area (Å²) in [5.74, 6) is -0.107. The van der Waals surface area contributed by atoms with E-state index in [0.717, 1.165) is 29.3 Å². The van der Waals surface area contributed by atoms with Gasteiger partial charge in [-0.15, -0.1) is 0 Å². The monoisotopic (exact) mass is 140 g/mol. The van der Waals surface area contributed by atoms with Crippen LogP contribution in [-0.4, -0.2) is 12.5 Å². The number of hydrogen-bond donors (Lipinski definition) is 1. The van der Waals surface area contributed by atoms with E-state index in [4.69, 9.17) is 1.41 Å². The Morgan fingerprint density at radius 2 is 2.30 bits per heavy atom. The van der Waals surface area contributed by atoms with E-state index >= 15 is 0 Å². The molecule has 0 saturated heterocycles. The average molecular weight is 140 g/mol. The highest BCUT2D eigenvalue weighted by Gasteiger charge is 2.18. The molecule has 0 spiro atoms. The molecule has 2 heteroatoms. The van der Waals surface area contributed by atoms with E-state index in [2.05, 4.69) is 0 Å². The molecule has 0 saturated carbocycles. The Labute approximate surface area is 62.8 Å². The Hall–Kier alpha value is -0.790. The zero-order valence-corrected chi connectivity index (χ0v) is 6.48. The first-order valence-electron chi connectivity index (χ1n) is 4.17. The lowest BCUT2D eigenvalue weighted by Gasteiger charge is -1.95. The SMILES string of the molecule is [2H]N1CC(CC)=C(CC)C1=O. The van der Waals surface area contributed by atoms with E-state index < -0.39 is 0 Å². The van der Waals surface area contributed by atoms with Crippen LogP contribution in [0.4, 0.5) is 0 Å². The normalized spacial score (nSPS) is 20.4. The molecule has 0 aromatic rings. The summed E-state index contributed by atoms with van der Waals surface area (Å²) in [6, 6.07) is 0. The molecular weight excluding hydrogens is 126 g/mol. The second-order valence-electron chi connectivity index (χ2n) is 2.41. The fourth-order valence-electron chi connectivity index (χ4n) is 1.24. The van der Waals surface area contributed by atoms with Crippen molar-refractivity contribution in [3.05, 3.63) is 11.1 Å². The van der Waals surface area contributed by atoms with Crippen molar-refractivity contribution in [2.75, 3.05) is 6.54 Å². The minimum atomic E-state index is -0.107. The van der Waals surface area contributed by atoms with Crippen LogP contribution >= 0.6 is 0 Å². The largest absolute Gasteiger partial charge is 0.349 e. The van der Waals surface area contributed by atoms with Gasteiger partial charge in [0.1, 0.15) is 0 Å². The van der Waals surface area contributed by atoms with Crippen LogP contribution in [0.15, 0.2) is 11.1 Å². The molecular formula is C8H13NO. The summed E-state index contributed by atoms with van der Waals surface area (Å²) in [5.41, 5.74) is 1.98. The van der Waals surface area contributed by atoms with Crippen molar-refractivity contribution in [3.8, 4) is 0 Å². The third-order valence-electron chi connectivity index (χ3n) is 1.88. The Morgan fingerprint density at radius 3 is 2.70 bits per heavy atom. The van der Waals surface area contributed by atoms with Gasteiger partial charge in [-0.2, -0.15) is 0 Å². The fraction of sp³-hybridized carbons (Fsp3) is 0.625. The third kappa shape index (κ3) is 1.06. The van der Waals surface area contributed by atoms with Crippen LogP contribution in [0.3, 0.4) is 0 Å². The molecule has 0 unspecified atom stereocenters. The summed E-state index contributed by atoms with van der Waals surface area (Å²) in [4.78, 5) is 11.2. The average Bonchev–Trinajstić information content (AvgIpc) is 2.28. The minimum Gasteiger partial charge on any atom is -0.349 e. The second kappa shape index (κ2) is 2.86. The maximum atomic E-state index is 11.2. The van der Waals surface area contributed by atoms with Gasteiger partial charge >= 0.3 is 0 Å². The fourth-order valence-corrected chi connectivity index (χ4v) is 1.24. The molecule has 0 radical (unpaired) electrons. The van der Waals surface area contributed by atoms with Crippen LogP contribution < -0.4 is 5.31 Å². The molecule has 0 aromatic heterocycles. The van der Waals surface area contributed by atoms with Gasteiger partial charge in [-0.25, -0.2) is 0 Å². The first-order chi connectivity index (χ1) is 5.20. The van der Waals surface area contributed by atoms with Crippen molar-refractivity contribution < 1.29 is 6.21 Å². The van der Waals surface area contributed by atoms with Crippen molar-refractivity contribution in [3.63, 3.8) is 0 Å². The molecule has 1 amide bonds. The summed E-state index contributed by atoms with van der Waals surface area (Å²) in [7, 11) is 0. The molecule has 0 aliphatic carbocycles. The highest BCUT2D eigenvalue weighted by atomic mass is 16.1. The van der Waals surface area contributed by atoms with E-state index in [-0.39, 0.29) is 5.91 Å². The van der Waals surface area contributed by atoms with E-state index in [1.54, 1.807) is 0 Å². The van der Waals surface area contributed by atoms with E-state index in [0.29, 0.717) is 6.54 Å². The molecule has 1 N–H and O–H groups in total. The topological polar surface area (TPSA) is 29.1 Å². The molecule has 1 aliphatic heterocycles. The van der Waals surface area contributed by atoms with Gasteiger partial charge in [-0.1, -0.05) is 13.8 Å². The lowest BCUT2D eigenvalue weighted by Crippen LogP contribution is -2.17. The third-order valence-corrected chi connectivity index (χ3v) is 1.88. The van der Waals surface area contributed by atoms with E-state index in [1.807, 2.05) is 13.8 Å². The van der Waals surface area contributed by atoms with Crippen LogP contribution in [0.1, 0.15) is 26.7 Å². The molecule has 1 aliphatic rings. The number of carbonyl (C=O) groups is 1. The van der Waals surface area contributed by atoms with Gasteiger partial charge in [0.15, 0.2) is 1.41 Å². The van der Waals surface area contributed by atoms with Crippen LogP contribution in [0, 0.1) is 0 Å². The quantitative estimate of drug-likeness (QED) is 0.614. The number of amides is 1. The molecule has 56 valence electrons. The Bertz CT molecular complexity index is 210. The van der Waals surface area contributed by atoms with Crippen molar-refractivity contribution in [2.24, 2.45) is 0 Å². The van der Waals surface area contributed by atoms with Gasteiger partial charge in [0.25, 0.3) is 0 Å². The summed E-state index contributed by atoms with van der Waals surface area (Å²) in [5, 5.41) is 1.04. The molecule has 1 rings (SSSR count). The summed E-state index contributed by atoms with van der Waals surface area (Å²) >= 11 is 0. The highest BCUT2D eigenvalue weighted by Crippen LogP contribution is 2.16. The van der Waals surface area contributed by atoms with Gasteiger partial charge in [0.05, 0.1) is 0 Å². The Balaban J connectivity index is 2.86. The van der Waals surface area contributed by atoms with Crippen LogP contribution in [0.5, 0.6) is 0 Å². The zero-order valence-electron chi connectivity index (χ0n) is 7.48. The summed E-state index contributed by atoms with van der Waals surface area (Å²) in [6.07, 6.45) is 1.65. The van der Waals surface area contributed by atoms with Crippen LogP contribution in [0.2, 0.25) is 1.41 Å². The smallest absolute Gasteiger partial charge is 0.247 e. The second-order valence-corrected chi connectivity index (χ2v) is 2.41. The lowest BCUT2D eigenvalue weighted by atomic mass is 10.1. The molecule has 2 nitrogen and oxygen atoms in total. The summed E-state index contributed by atoms with van der Waals surface area (Å²) < 4.78 is 7.25. The van der Waals surface area contributed by atoms with Crippen molar-refractivity contribution in [1.29, 1.82) is 0 Å². The van der Waals surface area contributed by atoms with Gasteiger partial charge in [0.2, 0.25) is 5.91 Å².